The number of benzene rings is 7. The Morgan fingerprint density at radius 2 is 1.04 bits per heavy atom. The standard InChI is InChI=1S/C47H32BN3SSi/c1-4-16-33(17-5-1)51-39-24-12-10-22-37(39)48-38-23-11-15-27-43(38)53(35-18-6-2-7-19-35,36-20-8-3-9-21-36)44-32-41-47(46(51)45(44)48)52-42-26-14-13-25-40(42)50(41)34-28-30-49-31-29-34/h1-32H. The molecule has 1 aromatic heterocycles. The van der Waals surface area contributed by atoms with Crippen LogP contribution in [-0.2, 0) is 0 Å². The first kappa shape index (κ1) is 30.5. The summed E-state index contributed by atoms with van der Waals surface area (Å²) in [7, 11) is -2.94. The Morgan fingerprint density at radius 3 is 1.75 bits per heavy atom. The van der Waals surface area contributed by atoms with E-state index < -0.39 is 8.07 Å². The number of para-hydroxylation sites is 3. The van der Waals surface area contributed by atoms with Crippen LogP contribution < -0.4 is 46.9 Å². The predicted octanol–water partition coefficient (Wildman–Crippen LogP) is 7.01. The minimum Gasteiger partial charge on any atom is -0.310 e. The van der Waals surface area contributed by atoms with Gasteiger partial charge in [0.1, 0.15) is 0 Å². The summed E-state index contributed by atoms with van der Waals surface area (Å²) in [6.45, 7) is 0.0675. The van der Waals surface area contributed by atoms with Crippen LogP contribution in [0.1, 0.15) is 0 Å². The van der Waals surface area contributed by atoms with Crippen molar-refractivity contribution in [3.05, 3.63) is 194 Å². The van der Waals surface area contributed by atoms with Crippen molar-refractivity contribution >= 4 is 97.8 Å². The second kappa shape index (κ2) is 12.0. The molecule has 3 aliphatic rings. The molecule has 3 nitrogen and oxygen atoms in total. The molecule has 7 aromatic carbocycles. The number of aromatic nitrogens is 1. The van der Waals surface area contributed by atoms with Crippen molar-refractivity contribution in [3.63, 3.8) is 0 Å². The first-order chi connectivity index (χ1) is 26.3. The maximum absolute atomic E-state index is 4.45. The SMILES string of the molecule is c1ccc(N2c3ccccc3B3c4ccccc4[Si](c4ccccc4)(c4ccccc4)c4cc5c(c2c43)Sc2ccccc2N5c2ccncc2)cc1. The summed E-state index contributed by atoms with van der Waals surface area (Å²) in [5.41, 5.74) is 11.3. The van der Waals surface area contributed by atoms with E-state index in [1.165, 1.54) is 69.7 Å². The van der Waals surface area contributed by atoms with Crippen molar-refractivity contribution in [2.24, 2.45) is 0 Å². The molecule has 0 fully saturated rings. The first-order valence-electron chi connectivity index (χ1n) is 18.2. The topological polar surface area (TPSA) is 19.4 Å². The fourth-order valence-corrected chi connectivity index (χ4v) is 15.7. The van der Waals surface area contributed by atoms with Gasteiger partial charge >= 0.3 is 0 Å². The molecule has 0 unspecified atom stereocenters. The number of hydrogen-bond donors (Lipinski definition) is 0. The number of rotatable bonds is 4. The molecule has 8 aromatic rings. The third kappa shape index (κ3) is 4.34. The average molecular weight is 710 g/mol. The lowest BCUT2D eigenvalue weighted by Crippen LogP contribution is -2.87. The zero-order valence-electron chi connectivity index (χ0n) is 28.8. The van der Waals surface area contributed by atoms with Crippen molar-refractivity contribution in [1.82, 2.24) is 4.98 Å². The van der Waals surface area contributed by atoms with Gasteiger partial charge in [-0.3, -0.25) is 4.98 Å². The van der Waals surface area contributed by atoms with E-state index in [4.69, 9.17) is 0 Å². The molecule has 0 saturated carbocycles. The molecule has 0 radical (unpaired) electrons. The Kier molecular flexibility index (Phi) is 6.91. The highest BCUT2D eigenvalue weighted by atomic mass is 32.2. The maximum atomic E-state index is 4.45. The summed E-state index contributed by atoms with van der Waals surface area (Å²) >= 11 is 1.90. The molecule has 0 amide bonds. The smallest absolute Gasteiger partial charge is 0.246 e. The van der Waals surface area contributed by atoms with E-state index in [1.54, 1.807) is 0 Å². The normalized spacial score (nSPS) is 14.4. The lowest BCUT2D eigenvalue weighted by molar-refractivity contribution is 1.14. The molecule has 6 heteroatoms. The van der Waals surface area contributed by atoms with Crippen LogP contribution in [0.3, 0.4) is 0 Å². The third-order valence-electron chi connectivity index (χ3n) is 11.3. The van der Waals surface area contributed by atoms with Crippen molar-refractivity contribution in [1.29, 1.82) is 0 Å². The van der Waals surface area contributed by atoms with Gasteiger partial charge in [-0.05, 0) is 80.2 Å². The summed E-state index contributed by atoms with van der Waals surface area (Å²) < 4.78 is 0. The van der Waals surface area contributed by atoms with Gasteiger partial charge in [0.15, 0.2) is 8.07 Å². The molecule has 0 saturated heterocycles. The van der Waals surface area contributed by atoms with Crippen molar-refractivity contribution in [3.8, 4) is 0 Å². The van der Waals surface area contributed by atoms with Crippen LogP contribution in [0.2, 0.25) is 0 Å². The van der Waals surface area contributed by atoms with Gasteiger partial charge in [0.2, 0.25) is 6.71 Å². The summed E-state index contributed by atoms with van der Waals surface area (Å²) in [5.74, 6) is 0. The molecular formula is C47H32BN3SSi. The minimum absolute atomic E-state index is 0.0675. The molecule has 0 atom stereocenters. The number of anilines is 6. The highest BCUT2D eigenvalue weighted by Crippen LogP contribution is 2.56. The van der Waals surface area contributed by atoms with Crippen molar-refractivity contribution in [2.75, 3.05) is 9.80 Å². The Hall–Kier alpha value is -6.08. The summed E-state index contributed by atoms with van der Waals surface area (Å²) in [5, 5.41) is 5.69. The molecule has 0 N–H and O–H groups in total. The van der Waals surface area contributed by atoms with Gasteiger partial charge in [0.05, 0.1) is 22.0 Å². The highest BCUT2D eigenvalue weighted by Gasteiger charge is 2.54. The van der Waals surface area contributed by atoms with Crippen LogP contribution in [-0.4, -0.2) is 19.8 Å². The van der Waals surface area contributed by atoms with Gasteiger partial charge in [0.25, 0.3) is 0 Å². The van der Waals surface area contributed by atoms with Crippen molar-refractivity contribution in [2.45, 2.75) is 9.79 Å². The molecule has 3 aliphatic heterocycles. The number of hydrogen-bond acceptors (Lipinski definition) is 4. The average Bonchev–Trinajstić information content (AvgIpc) is 3.24. The second-order valence-corrected chi connectivity index (χ2v) is 18.7. The van der Waals surface area contributed by atoms with Gasteiger partial charge in [-0.1, -0.05) is 151 Å². The first-order valence-corrected chi connectivity index (χ1v) is 21.0. The Bertz CT molecular complexity index is 2630. The van der Waals surface area contributed by atoms with Gasteiger partial charge in [0, 0.05) is 34.4 Å². The number of fused-ring (bicyclic) bond motifs is 7. The second-order valence-electron chi connectivity index (χ2n) is 13.9. The van der Waals surface area contributed by atoms with Crippen LogP contribution in [0.5, 0.6) is 0 Å². The Labute approximate surface area is 315 Å². The Morgan fingerprint density at radius 1 is 0.472 bits per heavy atom. The summed E-state index contributed by atoms with van der Waals surface area (Å²) in [6.07, 6.45) is 3.82. The van der Waals surface area contributed by atoms with Gasteiger partial charge < -0.3 is 9.80 Å². The molecule has 248 valence electrons. The number of pyridine rings is 1. The van der Waals surface area contributed by atoms with E-state index in [2.05, 4.69) is 197 Å². The lowest BCUT2D eigenvalue weighted by atomic mass is 9.34. The molecule has 4 heterocycles. The quantitative estimate of drug-likeness (QED) is 0.183. The predicted molar refractivity (Wildman–Crippen MR) is 226 cm³/mol. The maximum Gasteiger partial charge on any atom is 0.246 e. The molecular weight excluding hydrogens is 678 g/mol. The van der Waals surface area contributed by atoms with E-state index in [9.17, 15) is 0 Å². The van der Waals surface area contributed by atoms with Crippen LogP contribution in [0, 0.1) is 0 Å². The summed E-state index contributed by atoms with van der Waals surface area (Å²) in [6, 6.07) is 68.0. The van der Waals surface area contributed by atoms with E-state index >= 15 is 0 Å². The monoisotopic (exact) mass is 709 g/mol. The van der Waals surface area contributed by atoms with E-state index in [0.717, 1.165) is 11.4 Å². The molecule has 0 bridgehead atoms. The Balaban J connectivity index is 1.38. The molecule has 53 heavy (non-hydrogen) atoms. The number of nitrogens with zero attached hydrogens (tertiary/aromatic N) is 3. The van der Waals surface area contributed by atoms with E-state index in [0.29, 0.717) is 0 Å². The van der Waals surface area contributed by atoms with Gasteiger partial charge in [-0.2, -0.15) is 0 Å². The summed E-state index contributed by atoms with van der Waals surface area (Å²) in [4.78, 5) is 12.0. The van der Waals surface area contributed by atoms with Crippen LogP contribution in [0.25, 0.3) is 0 Å². The van der Waals surface area contributed by atoms with Crippen LogP contribution in [0.4, 0.5) is 34.1 Å². The molecule has 11 rings (SSSR count). The van der Waals surface area contributed by atoms with Crippen LogP contribution in [0.15, 0.2) is 204 Å². The zero-order valence-corrected chi connectivity index (χ0v) is 30.6. The minimum atomic E-state index is -2.94. The highest BCUT2D eigenvalue weighted by molar-refractivity contribution is 8.00. The fraction of sp³-hybridized carbons (Fsp3) is 0. The van der Waals surface area contributed by atoms with Crippen molar-refractivity contribution < 1.29 is 0 Å². The molecule has 0 aliphatic carbocycles. The third-order valence-corrected chi connectivity index (χ3v) is 17.3. The van der Waals surface area contributed by atoms with Crippen LogP contribution >= 0.6 is 11.8 Å². The lowest BCUT2D eigenvalue weighted by Gasteiger charge is -2.49. The zero-order chi connectivity index (χ0) is 34.9. The van der Waals surface area contributed by atoms with Gasteiger partial charge in [-0.15, -0.1) is 0 Å². The van der Waals surface area contributed by atoms with Gasteiger partial charge in [-0.25, -0.2) is 0 Å². The largest absolute Gasteiger partial charge is 0.310 e. The van der Waals surface area contributed by atoms with E-state index in [-0.39, 0.29) is 6.71 Å². The van der Waals surface area contributed by atoms with E-state index in [1.807, 2.05) is 24.2 Å². The fourth-order valence-electron chi connectivity index (χ4n) is 9.26. The molecule has 0 spiro atoms.